The molecule has 5 heteroatoms. The summed E-state index contributed by atoms with van der Waals surface area (Å²) in [5.74, 6) is 0.173. The van der Waals surface area contributed by atoms with Crippen molar-refractivity contribution in [3.8, 4) is 0 Å². The number of ether oxygens (including phenoxy) is 1. The lowest BCUT2D eigenvalue weighted by Crippen LogP contribution is -2.45. The van der Waals surface area contributed by atoms with E-state index in [2.05, 4.69) is 0 Å². The van der Waals surface area contributed by atoms with Gasteiger partial charge in [0.15, 0.2) is 0 Å². The van der Waals surface area contributed by atoms with Crippen LogP contribution in [-0.4, -0.2) is 39.8 Å². The van der Waals surface area contributed by atoms with Gasteiger partial charge in [-0.25, -0.2) is 9.69 Å². The minimum Gasteiger partial charge on any atom is -0.443 e. The lowest BCUT2D eigenvalue weighted by molar-refractivity contribution is -0.128. The van der Waals surface area contributed by atoms with Crippen LogP contribution in [0.4, 0.5) is 4.79 Å². The van der Waals surface area contributed by atoms with Crippen LogP contribution in [0.5, 0.6) is 0 Å². The molecule has 1 saturated carbocycles. The first-order valence-electron chi connectivity index (χ1n) is 8.01. The summed E-state index contributed by atoms with van der Waals surface area (Å²) < 4.78 is 5.31. The van der Waals surface area contributed by atoms with Crippen molar-refractivity contribution >= 4 is 12.0 Å². The molecule has 2 amide bonds. The van der Waals surface area contributed by atoms with E-state index in [1.54, 1.807) is 20.8 Å². The van der Waals surface area contributed by atoms with Gasteiger partial charge in [0.1, 0.15) is 5.60 Å². The lowest BCUT2D eigenvalue weighted by Gasteiger charge is -2.31. The fourth-order valence-electron chi connectivity index (χ4n) is 3.35. The SMILES string of the molecule is CC(C)(C)OC(=O)N1C(=O)C[C@H](O)[C@@H]1CC1CCCCC1. The number of aliphatic hydroxyl groups excluding tert-OH is 1. The summed E-state index contributed by atoms with van der Waals surface area (Å²) in [7, 11) is 0. The Balaban J connectivity index is 2.05. The third kappa shape index (κ3) is 4.19. The largest absolute Gasteiger partial charge is 0.443 e. The molecule has 0 aromatic heterocycles. The van der Waals surface area contributed by atoms with E-state index in [0.29, 0.717) is 12.3 Å². The van der Waals surface area contributed by atoms with Gasteiger partial charge in [-0.3, -0.25) is 4.79 Å². The fraction of sp³-hybridized carbons (Fsp3) is 0.875. The van der Waals surface area contributed by atoms with Crippen molar-refractivity contribution < 1.29 is 19.4 Å². The molecule has 2 fully saturated rings. The van der Waals surface area contributed by atoms with Crippen LogP contribution in [0.3, 0.4) is 0 Å². The number of amides is 2. The molecule has 2 atom stereocenters. The van der Waals surface area contributed by atoms with E-state index in [4.69, 9.17) is 4.74 Å². The van der Waals surface area contributed by atoms with Crippen LogP contribution < -0.4 is 0 Å². The van der Waals surface area contributed by atoms with Crippen LogP contribution in [0.25, 0.3) is 0 Å². The first kappa shape index (κ1) is 16.3. The van der Waals surface area contributed by atoms with Gasteiger partial charge in [-0.15, -0.1) is 0 Å². The van der Waals surface area contributed by atoms with Crippen molar-refractivity contribution in [1.29, 1.82) is 0 Å². The average Bonchev–Trinajstić information content (AvgIpc) is 2.63. The Hall–Kier alpha value is -1.10. The van der Waals surface area contributed by atoms with Crippen molar-refractivity contribution in [3.63, 3.8) is 0 Å². The van der Waals surface area contributed by atoms with E-state index < -0.39 is 23.8 Å². The minimum atomic E-state index is -0.757. The van der Waals surface area contributed by atoms with Crippen LogP contribution in [0.1, 0.15) is 65.7 Å². The summed E-state index contributed by atoms with van der Waals surface area (Å²) in [4.78, 5) is 25.4. The molecule has 21 heavy (non-hydrogen) atoms. The molecule has 1 aliphatic carbocycles. The van der Waals surface area contributed by atoms with Gasteiger partial charge < -0.3 is 9.84 Å². The molecule has 0 bridgehead atoms. The summed E-state index contributed by atoms with van der Waals surface area (Å²) >= 11 is 0. The smallest absolute Gasteiger partial charge is 0.417 e. The maximum absolute atomic E-state index is 12.2. The number of rotatable bonds is 2. The molecule has 1 heterocycles. The van der Waals surface area contributed by atoms with Gasteiger partial charge in [-0.1, -0.05) is 32.1 Å². The first-order valence-corrected chi connectivity index (χ1v) is 8.01. The molecule has 0 aromatic rings. The number of nitrogens with zero attached hydrogens (tertiary/aromatic N) is 1. The van der Waals surface area contributed by atoms with Crippen molar-refractivity contribution in [2.24, 2.45) is 5.92 Å². The Morgan fingerprint density at radius 2 is 1.90 bits per heavy atom. The van der Waals surface area contributed by atoms with E-state index >= 15 is 0 Å². The Morgan fingerprint density at radius 3 is 2.48 bits per heavy atom. The molecule has 0 radical (unpaired) electrons. The van der Waals surface area contributed by atoms with Crippen LogP contribution in [0, 0.1) is 5.92 Å². The molecule has 1 saturated heterocycles. The van der Waals surface area contributed by atoms with E-state index in [-0.39, 0.29) is 12.3 Å². The van der Waals surface area contributed by atoms with Crippen LogP contribution >= 0.6 is 0 Å². The highest BCUT2D eigenvalue weighted by atomic mass is 16.6. The summed E-state index contributed by atoms with van der Waals surface area (Å²) in [5, 5.41) is 10.1. The molecular formula is C16H27NO4. The fourth-order valence-corrected chi connectivity index (χ4v) is 3.35. The second kappa shape index (κ2) is 6.34. The van der Waals surface area contributed by atoms with E-state index in [1.165, 1.54) is 19.3 Å². The quantitative estimate of drug-likeness (QED) is 0.851. The summed E-state index contributed by atoms with van der Waals surface area (Å²) in [6.07, 6.45) is 5.26. The zero-order valence-corrected chi connectivity index (χ0v) is 13.3. The van der Waals surface area contributed by atoms with Gasteiger partial charge in [-0.05, 0) is 33.1 Å². The van der Waals surface area contributed by atoms with Gasteiger partial charge in [0, 0.05) is 0 Å². The second-order valence-corrected chi connectivity index (χ2v) is 7.32. The van der Waals surface area contributed by atoms with E-state index in [9.17, 15) is 14.7 Å². The van der Waals surface area contributed by atoms with Crippen LogP contribution in [0.15, 0.2) is 0 Å². The van der Waals surface area contributed by atoms with Gasteiger partial charge >= 0.3 is 6.09 Å². The van der Waals surface area contributed by atoms with Gasteiger partial charge in [0.2, 0.25) is 5.91 Å². The number of carbonyl (C=O) groups excluding carboxylic acids is 2. The zero-order chi connectivity index (χ0) is 15.6. The molecule has 120 valence electrons. The van der Waals surface area contributed by atoms with Crippen molar-refractivity contribution in [3.05, 3.63) is 0 Å². The van der Waals surface area contributed by atoms with Crippen molar-refractivity contribution in [2.75, 3.05) is 0 Å². The monoisotopic (exact) mass is 297 g/mol. The number of hydrogen-bond donors (Lipinski definition) is 1. The topological polar surface area (TPSA) is 66.8 Å². The van der Waals surface area contributed by atoms with Gasteiger partial charge in [-0.2, -0.15) is 0 Å². The summed E-state index contributed by atoms with van der Waals surface area (Å²) in [6.45, 7) is 5.33. The molecule has 0 aromatic carbocycles. The number of hydrogen-bond acceptors (Lipinski definition) is 4. The number of aliphatic hydroxyl groups is 1. The predicted octanol–water partition coefficient (Wildman–Crippen LogP) is 2.85. The molecule has 1 N–H and O–H groups in total. The minimum absolute atomic E-state index is 0.0244. The summed E-state index contributed by atoms with van der Waals surface area (Å²) in [5.41, 5.74) is -0.639. The standard InChI is InChI=1S/C16H27NO4/c1-16(2,3)21-15(20)17-12(13(18)10-14(17)19)9-11-7-5-4-6-8-11/h11-13,18H,4-10H2,1-3H3/t12-,13-/m0/s1. The number of carbonyl (C=O) groups is 2. The highest BCUT2D eigenvalue weighted by Gasteiger charge is 2.45. The second-order valence-electron chi connectivity index (χ2n) is 7.32. The maximum Gasteiger partial charge on any atom is 0.417 e. The highest BCUT2D eigenvalue weighted by Crippen LogP contribution is 2.33. The van der Waals surface area contributed by atoms with E-state index in [1.807, 2.05) is 0 Å². The maximum atomic E-state index is 12.2. The van der Waals surface area contributed by atoms with Crippen molar-refractivity contribution in [1.82, 2.24) is 4.90 Å². The average molecular weight is 297 g/mol. The molecule has 0 unspecified atom stereocenters. The third-order valence-electron chi connectivity index (χ3n) is 4.32. The first-order chi connectivity index (χ1) is 9.78. The molecular weight excluding hydrogens is 270 g/mol. The zero-order valence-electron chi connectivity index (χ0n) is 13.3. The van der Waals surface area contributed by atoms with Crippen LogP contribution in [0.2, 0.25) is 0 Å². The number of imide groups is 1. The Kier molecular flexibility index (Phi) is 4.91. The molecule has 0 spiro atoms. The van der Waals surface area contributed by atoms with Crippen molar-refractivity contribution in [2.45, 2.75) is 83.5 Å². The Morgan fingerprint density at radius 1 is 1.29 bits per heavy atom. The van der Waals surface area contributed by atoms with Crippen LogP contribution in [-0.2, 0) is 9.53 Å². The summed E-state index contributed by atoms with van der Waals surface area (Å²) in [6, 6.07) is -0.421. The Bertz CT molecular complexity index is 396. The highest BCUT2D eigenvalue weighted by molar-refractivity contribution is 5.94. The lowest BCUT2D eigenvalue weighted by atomic mass is 9.84. The Labute approximate surface area is 126 Å². The van der Waals surface area contributed by atoms with E-state index in [0.717, 1.165) is 17.7 Å². The molecule has 2 rings (SSSR count). The third-order valence-corrected chi connectivity index (χ3v) is 4.32. The van der Waals surface area contributed by atoms with Gasteiger partial charge in [0.25, 0.3) is 0 Å². The van der Waals surface area contributed by atoms with Gasteiger partial charge in [0.05, 0.1) is 18.6 Å². The normalized spacial score (nSPS) is 28.0. The molecule has 2 aliphatic rings. The molecule has 1 aliphatic heterocycles. The molecule has 5 nitrogen and oxygen atoms in total. The number of likely N-dealkylation sites (tertiary alicyclic amines) is 1. The predicted molar refractivity (Wildman–Crippen MR) is 78.7 cm³/mol.